The van der Waals surface area contributed by atoms with Gasteiger partial charge in [0, 0.05) is 11.2 Å². The van der Waals surface area contributed by atoms with Crippen LogP contribution < -0.4 is 5.73 Å². The molecule has 14 heavy (non-hydrogen) atoms. The van der Waals surface area contributed by atoms with Gasteiger partial charge in [-0.15, -0.1) is 0 Å². The average Bonchev–Trinajstić information content (AvgIpc) is 2.16. The van der Waals surface area contributed by atoms with Crippen LogP contribution in [-0.2, 0) is 6.42 Å². The van der Waals surface area contributed by atoms with E-state index in [4.69, 9.17) is 5.73 Å². The van der Waals surface area contributed by atoms with Crippen LogP contribution in [0.4, 0.5) is 5.69 Å². The zero-order valence-corrected chi connectivity index (χ0v) is 9.50. The minimum absolute atomic E-state index is 0.0404. The largest absolute Gasteiger partial charge is 0.413 e. The number of hydrogen-bond acceptors (Lipinski definition) is 3. The fraction of sp³-hybridized carbons (Fsp3) is 0.400. The van der Waals surface area contributed by atoms with Crippen molar-refractivity contribution < 1.29 is 9.59 Å². The fourth-order valence-electron chi connectivity index (χ4n) is 1.42. The molecule has 78 valence electrons. The first-order chi connectivity index (χ1) is 6.63. The maximum atomic E-state index is 9.20. The molecule has 0 saturated carbocycles. The molecule has 4 heteroatoms. The molecule has 0 radical (unpaired) electrons. The van der Waals surface area contributed by atoms with Crippen LogP contribution in [0.3, 0.4) is 0 Å². The summed E-state index contributed by atoms with van der Waals surface area (Å²) >= 11 is 0. The van der Waals surface area contributed by atoms with E-state index >= 15 is 0 Å². The Morgan fingerprint density at radius 1 is 1.29 bits per heavy atom. The molecule has 0 fully saturated rings. The minimum atomic E-state index is -2.50. The van der Waals surface area contributed by atoms with Gasteiger partial charge in [-0.1, -0.05) is 25.5 Å². The molecule has 0 amide bonds. The molecule has 1 aromatic carbocycles. The smallest absolute Gasteiger partial charge is 0.319 e. The Morgan fingerprint density at radius 3 is 2.29 bits per heavy atom. The number of nitrogens with two attached hydrogens (primary N) is 1. The Bertz CT molecular complexity index is 274. The molecular weight excluding hydrogens is 194 g/mol. The van der Waals surface area contributed by atoms with E-state index in [1.54, 1.807) is 0 Å². The number of nitrogen functional groups attached to an aromatic ring is 1. The summed E-state index contributed by atoms with van der Waals surface area (Å²) in [6.07, 6.45) is 1.55. The summed E-state index contributed by atoms with van der Waals surface area (Å²) < 4.78 is 0. The molecule has 0 aliphatic rings. The van der Waals surface area contributed by atoms with Crippen LogP contribution in [0.15, 0.2) is 24.3 Å². The van der Waals surface area contributed by atoms with Crippen molar-refractivity contribution in [3.05, 3.63) is 29.8 Å². The normalized spacial score (nSPS) is 13.1. The van der Waals surface area contributed by atoms with Crippen molar-refractivity contribution in [1.29, 1.82) is 0 Å². The average molecular weight is 211 g/mol. The summed E-state index contributed by atoms with van der Waals surface area (Å²) in [5.41, 5.74) is 7.46. The van der Waals surface area contributed by atoms with Crippen LogP contribution in [-0.4, -0.2) is 18.9 Å². The van der Waals surface area contributed by atoms with Gasteiger partial charge in [0.05, 0.1) is 0 Å². The molecule has 0 saturated heterocycles. The van der Waals surface area contributed by atoms with Gasteiger partial charge in [-0.25, -0.2) is 0 Å². The number of rotatable bonds is 4. The van der Waals surface area contributed by atoms with Gasteiger partial charge in [-0.05, 0) is 24.1 Å². The molecule has 0 spiro atoms. The molecule has 1 aromatic rings. The Kier molecular flexibility index (Phi) is 4.12. The van der Waals surface area contributed by atoms with Gasteiger partial charge in [0.2, 0.25) is 0 Å². The second-order valence-electron chi connectivity index (χ2n) is 3.53. The summed E-state index contributed by atoms with van der Waals surface area (Å²) in [6, 6.07) is 7.56. The van der Waals surface area contributed by atoms with Crippen molar-refractivity contribution in [1.82, 2.24) is 0 Å². The van der Waals surface area contributed by atoms with Gasteiger partial charge in [-0.3, -0.25) is 0 Å². The number of benzene rings is 1. The molecule has 0 aliphatic carbocycles. The quantitative estimate of drug-likeness (QED) is 0.510. The second-order valence-corrected chi connectivity index (χ2v) is 5.30. The fourth-order valence-corrected chi connectivity index (χ4v) is 2.32. The van der Waals surface area contributed by atoms with Crippen LogP contribution >= 0.6 is 0 Å². The van der Waals surface area contributed by atoms with Crippen molar-refractivity contribution in [2.24, 2.45) is 0 Å². The van der Waals surface area contributed by atoms with Gasteiger partial charge in [0.25, 0.3) is 0 Å². The van der Waals surface area contributed by atoms with Gasteiger partial charge in [0.1, 0.15) is 0 Å². The lowest BCUT2D eigenvalue weighted by Crippen LogP contribution is -2.21. The van der Waals surface area contributed by atoms with Crippen molar-refractivity contribution in [2.45, 2.75) is 25.3 Å². The van der Waals surface area contributed by atoms with Crippen molar-refractivity contribution in [3.63, 3.8) is 0 Å². The molecule has 0 aliphatic heterocycles. The first-order valence-corrected chi connectivity index (χ1v) is 6.54. The Labute approximate surface area is 86.0 Å². The summed E-state index contributed by atoms with van der Waals surface area (Å²) in [5, 5.41) is 0. The molecule has 0 heterocycles. The third-order valence-electron chi connectivity index (χ3n) is 2.42. The number of hydrogen-bond donors (Lipinski definition) is 3. The number of anilines is 1. The molecule has 0 bridgehead atoms. The van der Waals surface area contributed by atoms with E-state index in [2.05, 4.69) is 0 Å². The van der Waals surface area contributed by atoms with Crippen molar-refractivity contribution in [3.8, 4) is 0 Å². The van der Waals surface area contributed by atoms with Gasteiger partial charge in [0.15, 0.2) is 0 Å². The van der Waals surface area contributed by atoms with Gasteiger partial charge >= 0.3 is 9.28 Å². The van der Waals surface area contributed by atoms with E-state index in [0.29, 0.717) is 0 Å². The molecule has 1 atom stereocenters. The lowest BCUT2D eigenvalue weighted by molar-refractivity contribution is 0.380. The molecule has 3 nitrogen and oxygen atoms in total. The molecule has 1 unspecified atom stereocenters. The summed E-state index contributed by atoms with van der Waals surface area (Å²) in [7, 11) is -2.50. The first kappa shape index (κ1) is 11.2. The summed E-state index contributed by atoms with van der Waals surface area (Å²) in [6.45, 7) is 1.98. The van der Waals surface area contributed by atoms with E-state index < -0.39 is 9.28 Å². The Hall–Kier alpha value is -0.843. The standard InChI is InChI=1S/C10H17NO2Si/c1-2-10(14(12)13)7-8-3-5-9(11)6-4-8/h3-6,10,12-14H,2,7,11H2,1H3. The zero-order valence-electron chi connectivity index (χ0n) is 8.35. The van der Waals surface area contributed by atoms with Crippen LogP contribution in [0.5, 0.6) is 0 Å². The van der Waals surface area contributed by atoms with Crippen LogP contribution in [0.1, 0.15) is 18.9 Å². The molecular formula is C10H17NO2Si. The monoisotopic (exact) mass is 211 g/mol. The van der Waals surface area contributed by atoms with E-state index in [9.17, 15) is 9.59 Å². The summed E-state index contributed by atoms with van der Waals surface area (Å²) in [5.74, 6) is 0. The van der Waals surface area contributed by atoms with E-state index in [-0.39, 0.29) is 5.54 Å². The third-order valence-corrected chi connectivity index (χ3v) is 3.97. The highest BCUT2D eigenvalue weighted by Crippen LogP contribution is 2.19. The zero-order chi connectivity index (χ0) is 10.6. The topological polar surface area (TPSA) is 66.5 Å². The van der Waals surface area contributed by atoms with E-state index in [1.165, 1.54) is 0 Å². The maximum absolute atomic E-state index is 9.20. The lowest BCUT2D eigenvalue weighted by Gasteiger charge is -2.14. The Morgan fingerprint density at radius 2 is 1.86 bits per heavy atom. The van der Waals surface area contributed by atoms with Gasteiger partial charge < -0.3 is 15.3 Å². The predicted molar refractivity (Wildman–Crippen MR) is 60.2 cm³/mol. The predicted octanol–water partition coefficient (Wildman–Crippen LogP) is 0.797. The SMILES string of the molecule is CCC(Cc1ccc(N)cc1)[SiH](O)O. The highest BCUT2D eigenvalue weighted by Gasteiger charge is 2.17. The first-order valence-electron chi connectivity index (χ1n) is 4.84. The Balaban J connectivity index is 2.63. The highest BCUT2D eigenvalue weighted by molar-refractivity contribution is 6.43. The lowest BCUT2D eigenvalue weighted by atomic mass is 10.1. The molecule has 0 aromatic heterocycles. The van der Waals surface area contributed by atoms with Crippen LogP contribution in [0, 0.1) is 0 Å². The second kappa shape index (κ2) is 5.14. The molecule has 1 rings (SSSR count). The van der Waals surface area contributed by atoms with Crippen molar-refractivity contribution >= 4 is 15.0 Å². The minimum Gasteiger partial charge on any atom is -0.413 e. The highest BCUT2D eigenvalue weighted by atomic mass is 28.3. The van der Waals surface area contributed by atoms with Gasteiger partial charge in [-0.2, -0.15) is 0 Å². The summed E-state index contributed by atoms with van der Waals surface area (Å²) in [4.78, 5) is 18.4. The maximum Gasteiger partial charge on any atom is 0.319 e. The van der Waals surface area contributed by atoms with Crippen LogP contribution in [0.2, 0.25) is 5.54 Å². The third kappa shape index (κ3) is 3.14. The van der Waals surface area contributed by atoms with E-state index in [0.717, 1.165) is 24.1 Å². The van der Waals surface area contributed by atoms with Crippen molar-refractivity contribution in [2.75, 3.05) is 5.73 Å². The molecule has 4 N–H and O–H groups in total. The van der Waals surface area contributed by atoms with E-state index in [1.807, 2.05) is 31.2 Å². The van der Waals surface area contributed by atoms with Crippen LogP contribution in [0.25, 0.3) is 0 Å².